The number of sulfonamides is 1. The Morgan fingerprint density at radius 2 is 1.90 bits per heavy atom. The van der Waals surface area contributed by atoms with Gasteiger partial charge in [-0.15, -0.1) is 0 Å². The Balaban J connectivity index is 3.03. The monoisotopic (exact) mass is 301 g/mol. The highest BCUT2D eigenvalue weighted by atomic mass is 32.2. The van der Waals surface area contributed by atoms with Crippen LogP contribution in [0.5, 0.6) is 5.75 Å². The molecule has 0 saturated heterocycles. The molecule has 1 rings (SSSR count). The third-order valence-corrected chi connectivity index (χ3v) is 4.06. The molecule has 0 fully saturated rings. The first-order valence-corrected chi connectivity index (χ1v) is 7.64. The number of ether oxygens (including phenoxy) is 1. The summed E-state index contributed by atoms with van der Waals surface area (Å²) >= 11 is 0. The van der Waals surface area contributed by atoms with Crippen molar-refractivity contribution in [3.63, 3.8) is 0 Å². The van der Waals surface area contributed by atoms with E-state index in [0.29, 0.717) is 11.3 Å². The molecule has 0 radical (unpaired) electrons. The molecule has 0 aliphatic rings. The van der Waals surface area contributed by atoms with Crippen LogP contribution in [-0.4, -0.2) is 31.6 Å². The van der Waals surface area contributed by atoms with Crippen LogP contribution < -0.4 is 9.46 Å². The van der Waals surface area contributed by atoms with Gasteiger partial charge in [0.25, 0.3) is 0 Å². The number of aryl methyl sites for hydroxylation is 1. The maximum absolute atomic E-state index is 12.0. The smallest absolute Gasteiger partial charge is 0.321 e. The summed E-state index contributed by atoms with van der Waals surface area (Å²) in [5.74, 6) is -0.629. The number of hydrogen-bond acceptors (Lipinski definition) is 4. The molecule has 7 heteroatoms. The Labute approximate surface area is 118 Å². The molecule has 1 aromatic carbocycles. The Morgan fingerprint density at radius 3 is 2.35 bits per heavy atom. The van der Waals surface area contributed by atoms with E-state index in [4.69, 9.17) is 9.84 Å². The summed E-state index contributed by atoms with van der Waals surface area (Å²) < 4.78 is 31.6. The first kappa shape index (κ1) is 16.5. The molecule has 112 valence electrons. The minimum Gasteiger partial charge on any atom is -0.491 e. The summed E-state index contributed by atoms with van der Waals surface area (Å²) in [6, 6.07) is 3.22. The molecule has 1 aromatic rings. The molecule has 0 amide bonds. The summed E-state index contributed by atoms with van der Waals surface area (Å²) in [7, 11) is -3.86. The molecule has 2 N–H and O–H groups in total. The van der Waals surface area contributed by atoms with Gasteiger partial charge in [0.15, 0.2) is 0 Å². The van der Waals surface area contributed by atoms with Crippen molar-refractivity contribution >= 4 is 16.0 Å². The maximum Gasteiger partial charge on any atom is 0.321 e. The van der Waals surface area contributed by atoms with Gasteiger partial charge in [-0.2, -0.15) is 4.72 Å². The van der Waals surface area contributed by atoms with Crippen molar-refractivity contribution in [3.05, 3.63) is 23.8 Å². The van der Waals surface area contributed by atoms with Gasteiger partial charge in [-0.3, -0.25) is 4.79 Å². The van der Waals surface area contributed by atoms with Gasteiger partial charge >= 0.3 is 5.97 Å². The zero-order valence-corrected chi connectivity index (χ0v) is 12.7. The lowest BCUT2D eigenvalue weighted by atomic mass is 10.2. The molecule has 0 aromatic heterocycles. The molecular formula is C13H19NO5S. The van der Waals surface area contributed by atoms with Gasteiger partial charge in [-0.05, 0) is 51.5 Å². The molecular weight excluding hydrogens is 282 g/mol. The largest absolute Gasteiger partial charge is 0.491 e. The van der Waals surface area contributed by atoms with Crippen LogP contribution in [0, 0.1) is 6.92 Å². The van der Waals surface area contributed by atoms with Crippen molar-refractivity contribution in [2.24, 2.45) is 0 Å². The lowest BCUT2D eigenvalue weighted by Gasteiger charge is -2.14. The second-order valence-corrected chi connectivity index (χ2v) is 6.49. The zero-order chi connectivity index (χ0) is 15.5. The number of rotatable bonds is 6. The second kappa shape index (κ2) is 6.23. The Hall–Kier alpha value is -1.60. The van der Waals surface area contributed by atoms with E-state index in [1.54, 1.807) is 13.0 Å². The van der Waals surface area contributed by atoms with Crippen molar-refractivity contribution in [2.75, 3.05) is 0 Å². The number of carbonyl (C=O) groups is 1. The number of benzene rings is 1. The van der Waals surface area contributed by atoms with Gasteiger partial charge in [0.2, 0.25) is 10.0 Å². The van der Waals surface area contributed by atoms with E-state index < -0.39 is 22.0 Å². The third kappa shape index (κ3) is 4.21. The van der Waals surface area contributed by atoms with E-state index in [9.17, 15) is 13.2 Å². The van der Waals surface area contributed by atoms with Gasteiger partial charge in [0, 0.05) is 0 Å². The van der Waals surface area contributed by atoms with Crippen LogP contribution in [0.1, 0.15) is 26.3 Å². The van der Waals surface area contributed by atoms with Crippen molar-refractivity contribution in [2.45, 2.75) is 44.7 Å². The highest BCUT2D eigenvalue weighted by molar-refractivity contribution is 7.89. The van der Waals surface area contributed by atoms with E-state index in [1.807, 2.05) is 13.8 Å². The standard InChI is InChI=1S/C13H19NO5S/c1-8(2)19-12-6-5-11(7-9(12)3)20(17,18)14-10(4)13(15)16/h5-8,10,14H,1-4H3,(H,15,16)/t10-/m1/s1. The van der Waals surface area contributed by atoms with Gasteiger partial charge in [-0.25, -0.2) is 8.42 Å². The molecule has 0 aliphatic carbocycles. The predicted molar refractivity (Wildman–Crippen MR) is 74.4 cm³/mol. The van der Waals surface area contributed by atoms with Crippen molar-refractivity contribution in [3.8, 4) is 5.75 Å². The van der Waals surface area contributed by atoms with Crippen LogP contribution >= 0.6 is 0 Å². The van der Waals surface area contributed by atoms with E-state index in [-0.39, 0.29) is 11.0 Å². The van der Waals surface area contributed by atoms with Crippen LogP contribution in [-0.2, 0) is 14.8 Å². The number of hydrogen-bond donors (Lipinski definition) is 2. The van der Waals surface area contributed by atoms with E-state index in [1.165, 1.54) is 19.1 Å². The first-order valence-electron chi connectivity index (χ1n) is 6.16. The molecule has 0 spiro atoms. The summed E-state index contributed by atoms with van der Waals surface area (Å²) in [5.41, 5.74) is 0.671. The molecule has 0 bridgehead atoms. The Bertz CT molecular complexity index is 595. The normalized spacial score (nSPS) is 13.2. The van der Waals surface area contributed by atoms with Gasteiger partial charge in [0.1, 0.15) is 11.8 Å². The fourth-order valence-electron chi connectivity index (χ4n) is 1.53. The summed E-state index contributed by atoms with van der Waals surface area (Å²) in [6.07, 6.45) is -0.0127. The maximum atomic E-state index is 12.0. The minimum atomic E-state index is -3.86. The van der Waals surface area contributed by atoms with Gasteiger partial charge in [-0.1, -0.05) is 0 Å². The highest BCUT2D eigenvalue weighted by Gasteiger charge is 2.22. The second-order valence-electron chi connectivity index (χ2n) is 4.78. The molecule has 1 atom stereocenters. The number of aliphatic carboxylic acids is 1. The lowest BCUT2D eigenvalue weighted by molar-refractivity contribution is -0.138. The number of carboxylic acid groups (broad SMARTS) is 1. The Morgan fingerprint density at radius 1 is 1.30 bits per heavy atom. The average molecular weight is 301 g/mol. The van der Waals surface area contributed by atoms with Crippen LogP contribution in [0.4, 0.5) is 0 Å². The first-order chi connectivity index (χ1) is 9.13. The predicted octanol–water partition coefficient (Wildman–Crippen LogP) is 1.53. The zero-order valence-electron chi connectivity index (χ0n) is 11.9. The van der Waals surface area contributed by atoms with Crippen LogP contribution in [0.2, 0.25) is 0 Å². The van der Waals surface area contributed by atoms with Crippen molar-refractivity contribution in [1.82, 2.24) is 4.72 Å². The quantitative estimate of drug-likeness (QED) is 0.831. The highest BCUT2D eigenvalue weighted by Crippen LogP contribution is 2.22. The number of carboxylic acids is 1. The molecule has 0 aliphatic heterocycles. The molecule has 0 unspecified atom stereocenters. The van der Waals surface area contributed by atoms with E-state index in [2.05, 4.69) is 4.72 Å². The fraction of sp³-hybridized carbons (Fsp3) is 0.462. The van der Waals surface area contributed by atoms with Crippen LogP contribution in [0.3, 0.4) is 0 Å². The van der Waals surface area contributed by atoms with Crippen molar-refractivity contribution < 1.29 is 23.1 Å². The summed E-state index contributed by atoms with van der Waals surface area (Å²) in [5, 5.41) is 8.74. The van der Waals surface area contributed by atoms with Crippen LogP contribution in [0.15, 0.2) is 23.1 Å². The third-order valence-electron chi connectivity index (χ3n) is 2.52. The Kier molecular flexibility index (Phi) is 5.13. The van der Waals surface area contributed by atoms with Crippen LogP contribution in [0.25, 0.3) is 0 Å². The summed E-state index contributed by atoms with van der Waals surface area (Å²) in [4.78, 5) is 10.7. The SMILES string of the molecule is Cc1cc(S(=O)(=O)N[C@H](C)C(=O)O)ccc1OC(C)C. The molecule has 6 nitrogen and oxygen atoms in total. The molecule has 0 heterocycles. The molecule has 0 saturated carbocycles. The van der Waals surface area contributed by atoms with Gasteiger partial charge in [0.05, 0.1) is 11.0 Å². The van der Waals surface area contributed by atoms with E-state index >= 15 is 0 Å². The fourth-order valence-corrected chi connectivity index (χ4v) is 2.81. The molecule has 20 heavy (non-hydrogen) atoms. The minimum absolute atomic E-state index is 0.0127. The number of nitrogens with one attached hydrogen (secondary N) is 1. The van der Waals surface area contributed by atoms with Gasteiger partial charge < -0.3 is 9.84 Å². The topological polar surface area (TPSA) is 92.7 Å². The lowest BCUT2D eigenvalue weighted by Crippen LogP contribution is -2.38. The average Bonchev–Trinajstić information content (AvgIpc) is 2.30. The summed E-state index contributed by atoms with van der Waals surface area (Å²) in [6.45, 7) is 6.75. The van der Waals surface area contributed by atoms with Crippen molar-refractivity contribution in [1.29, 1.82) is 0 Å². The van der Waals surface area contributed by atoms with E-state index in [0.717, 1.165) is 0 Å².